The molecule has 0 bridgehead atoms. The Morgan fingerprint density at radius 3 is 2.79 bits per heavy atom. The van der Waals surface area contributed by atoms with E-state index in [9.17, 15) is 18.0 Å². The molecule has 28 heavy (non-hydrogen) atoms. The highest BCUT2D eigenvalue weighted by Gasteiger charge is 2.26. The van der Waals surface area contributed by atoms with Crippen molar-refractivity contribution < 1.29 is 27.5 Å². The fraction of sp³-hybridized carbons (Fsp3) is 0.222. The number of ether oxygens (including phenoxy) is 2. The van der Waals surface area contributed by atoms with Gasteiger partial charge >= 0.3 is 0 Å². The van der Waals surface area contributed by atoms with Crippen LogP contribution in [0, 0.1) is 0 Å². The van der Waals surface area contributed by atoms with E-state index in [-0.39, 0.29) is 23.1 Å². The van der Waals surface area contributed by atoms with Gasteiger partial charge in [-0.25, -0.2) is 8.42 Å². The van der Waals surface area contributed by atoms with Gasteiger partial charge in [0.25, 0.3) is 5.91 Å². The molecule has 10 heteroatoms. The Kier molecular flexibility index (Phi) is 5.52. The van der Waals surface area contributed by atoms with Crippen LogP contribution in [0.4, 0.5) is 11.4 Å². The summed E-state index contributed by atoms with van der Waals surface area (Å²) in [5, 5.41) is 5.18. The molecule has 0 fully saturated rings. The van der Waals surface area contributed by atoms with Crippen molar-refractivity contribution in [2.24, 2.45) is 0 Å². The number of benzene rings is 2. The Bertz CT molecular complexity index is 1020. The molecule has 148 valence electrons. The average molecular weight is 405 g/mol. The number of carbonyl (C=O) groups is 2. The van der Waals surface area contributed by atoms with Gasteiger partial charge in [-0.05, 0) is 30.3 Å². The molecule has 0 atom stereocenters. The molecule has 0 radical (unpaired) electrons. The molecule has 2 amide bonds. The number of para-hydroxylation sites is 2. The van der Waals surface area contributed by atoms with E-state index in [1.165, 1.54) is 32.4 Å². The molecule has 2 aromatic carbocycles. The zero-order chi connectivity index (χ0) is 20.3. The summed E-state index contributed by atoms with van der Waals surface area (Å²) in [4.78, 5) is 23.7. The maximum atomic E-state index is 12.8. The Balaban J connectivity index is 1.74. The van der Waals surface area contributed by atoms with E-state index in [4.69, 9.17) is 9.47 Å². The number of likely N-dealkylation sites (N-methyl/N-ethyl adjacent to an activating group) is 1. The van der Waals surface area contributed by atoms with Crippen LogP contribution in [0.5, 0.6) is 11.5 Å². The monoisotopic (exact) mass is 405 g/mol. The Hall–Kier alpha value is -3.11. The summed E-state index contributed by atoms with van der Waals surface area (Å²) in [6.07, 6.45) is 0. The predicted molar refractivity (Wildman–Crippen MR) is 102 cm³/mol. The molecule has 3 rings (SSSR count). The molecule has 2 N–H and O–H groups in total. The summed E-state index contributed by atoms with van der Waals surface area (Å²) in [6, 6.07) is 10.9. The Morgan fingerprint density at radius 1 is 1.29 bits per heavy atom. The number of carbonyl (C=O) groups excluding carboxylic acids is 2. The average Bonchev–Trinajstić information content (AvgIpc) is 2.67. The lowest BCUT2D eigenvalue weighted by Crippen LogP contribution is -2.35. The van der Waals surface area contributed by atoms with Crippen molar-refractivity contribution >= 4 is 33.2 Å². The molecule has 1 aliphatic rings. The fourth-order valence-electron chi connectivity index (χ4n) is 2.63. The summed E-state index contributed by atoms with van der Waals surface area (Å²) in [7, 11) is -1.19. The lowest BCUT2D eigenvalue weighted by atomic mass is 10.2. The van der Waals surface area contributed by atoms with Crippen LogP contribution in [0.2, 0.25) is 0 Å². The highest BCUT2D eigenvalue weighted by atomic mass is 32.2. The first-order chi connectivity index (χ1) is 13.3. The second-order valence-electron chi connectivity index (χ2n) is 6.00. The number of anilines is 2. The number of methoxy groups -OCH3 is 1. The van der Waals surface area contributed by atoms with Crippen LogP contribution in [0.25, 0.3) is 0 Å². The summed E-state index contributed by atoms with van der Waals surface area (Å²) >= 11 is 0. The number of hydrogen-bond donors (Lipinski definition) is 2. The van der Waals surface area contributed by atoms with Gasteiger partial charge in [-0.15, -0.1) is 0 Å². The molecule has 0 saturated carbocycles. The Morgan fingerprint density at radius 2 is 2.04 bits per heavy atom. The molecule has 1 aliphatic heterocycles. The first kappa shape index (κ1) is 19.6. The van der Waals surface area contributed by atoms with Crippen molar-refractivity contribution in [2.75, 3.05) is 37.9 Å². The van der Waals surface area contributed by atoms with Crippen LogP contribution in [0.15, 0.2) is 47.4 Å². The van der Waals surface area contributed by atoms with Crippen LogP contribution in [0.3, 0.4) is 0 Å². The number of fused-ring (bicyclic) bond motifs is 1. The minimum absolute atomic E-state index is 0.0651. The molecule has 0 saturated heterocycles. The zero-order valence-corrected chi connectivity index (χ0v) is 16.1. The number of rotatable bonds is 6. The van der Waals surface area contributed by atoms with Crippen molar-refractivity contribution in [3.05, 3.63) is 42.5 Å². The topological polar surface area (TPSA) is 114 Å². The third kappa shape index (κ3) is 4.07. The van der Waals surface area contributed by atoms with Gasteiger partial charge in [-0.2, -0.15) is 4.31 Å². The van der Waals surface area contributed by atoms with E-state index in [0.29, 0.717) is 17.2 Å². The lowest BCUT2D eigenvalue weighted by molar-refractivity contribution is -0.118. The maximum Gasteiger partial charge on any atom is 0.262 e. The first-order valence-corrected chi connectivity index (χ1v) is 9.71. The van der Waals surface area contributed by atoms with Crippen molar-refractivity contribution in [1.29, 1.82) is 0 Å². The highest BCUT2D eigenvalue weighted by molar-refractivity contribution is 7.89. The third-order valence-electron chi connectivity index (χ3n) is 4.04. The molecule has 0 aromatic heterocycles. The van der Waals surface area contributed by atoms with Gasteiger partial charge in [0, 0.05) is 7.05 Å². The van der Waals surface area contributed by atoms with Crippen LogP contribution in [-0.2, 0) is 19.6 Å². The van der Waals surface area contributed by atoms with Crippen molar-refractivity contribution in [3.63, 3.8) is 0 Å². The van der Waals surface area contributed by atoms with Gasteiger partial charge < -0.3 is 20.1 Å². The first-order valence-electron chi connectivity index (χ1n) is 8.27. The highest BCUT2D eigenvalue weighted by Crippen LogP contribution is 2.31. The normalized spacial score (nSPS) is 13.3. The molecule has 0 spiro atoms. The molecule has 0 aliphatic carbocycles. The van der Waals surface area contributed by atoms with Gasteiger partial charge in [-0.1, -0.05) is 12.1 Å². The van der Waals surface area contributed by atoms with E-state index >= 15 is 0 Å². The number of nitrogens with zero attached hydrogens (tertiary/aromatic N) is 1. The molecule has 1 heterocycles. The van der Waals surface area contributed by atoms with E-state index in [1.54, 1.807) is 24.3 Å². The summed E-state index contributed by atoms with van der Waals surface area (Å²) < 4.78 is 36.9. The minimum atomic E-state index is -3.96. The van der Waals surface area contributed by atoms with Crippen LogP contribution < -0.4 is 20.1 Å². The van der Waals surface area contributed by atoms with Crippen molar-refractivity contribution in [3.8, 4) is 11.5 Å². The van der Waals surface area contributed by atoms with Gasteiger partial charge in [0.15, 0.2) is 6.61 Å². The van der Waals surface area contributed by atoms with Crippen LogP contribution in [0.1, 0.15) is 0 Å². The minimum Gasteiger partial charge on any atom is -0.495 e. The SMILES string of the molecule is COc1ccccc1NC(=O)CN(C)S(=O)(=O)c1ccc2c(c1)NC(=O)CO2. The molecule has 9 nitrogen and oxygen atoms in total. The van der Waals surface area contributed by atoms with Crippen LogP contribution in [-0.4, -0.2) is 51.8 Å². The number of hydrogen-bond acceptors (Lipinski definition) is 6. The van der Waals surface area contributed by atoms with Gasteiger partial charge in [-0.3, -0.25) is 9.59 Å². The molecule has 0 unspecified atom stereocenters. The quantitative estimate of drug-likeness (QED) is 0.749. The van der Waals surface area contributed by atoms with E-state index in [0.717, 1.165) is 4.31 Å². The summed E-state index contributed by atoms with van der Waals surface area (Å²) in [6.45, 7) is -0.525. The van der Waals surface area contributed by atoms with Gasteiger partial charge in [0.2, 0.25) is 15.9 Å². The van der Waals surface area contributed by atoms with Crippen LogP contribution >= 0.6 is 0 Å². The third-order valence-corrected chi connectivity index (χ3v) is 5.84. The predicted octanol–water partition coefficient (Wildman–Crippen LogP) is 1.29. The number of amides is 2. The zero-order valence-electron chi connectivity index (χ0n) is 15.3. The second-order valence-corrected chi connectivity index (χ2v) is 8.05. The molecular weight excluding hydrogens is 386 g/mol. The van der Waals surface area contributed by atoms with E-state index < -0.39 is 22.5 Å². The van der Waals surface area contributed by atoms with Gasteiger partial charge in [0.05, 0.1) is 29.9 Å². The second kappa shape index (κ2) is 7.87. The number of nitrogens with one attached hydrogen (secondary N) is 2. The summed E-state index contributed by atoms with van der Waals surface area (Å²) in [5.74, 6) is -0.0429. The van der Waals surface area contributed by atoms with E-state index in [1.807, 2.05) is 0 Å². The van der Waals surface area contributed by atoms with Crippen molar-refractivity contribution in [2.45, 2.75) is 4.90 Å². The molecule has 2 aromatic rings. The van der Waals surface area contributed by atoms with E-state index in [2.05, 4.69) is 10.6 Å². The Labute approximate surface area is 162 Å². The standard InChI is InChI=1S/C18H19N3O6S/c1-21(10-17(22)19-13-5-3-4-6-15(13)26-2)28(24,25)12-7-8-16-14(9-12)20-18(23)11-27-16/h3-9H,10-11H2,1-2H3,(H,19,22)(H,20,23). The van der Waals surface area contributed by atoms with Crippen molar-refractivity contribution in [1.82, 2.24) is 4.31 Å². The lowest BCUT2D eigenvalue weighted by Gasteiger charge is -2.21. The summed E-state index contributed by atoms with van der Waals surface area (Å²) in [5.41, 5.74) is 0.707. The largest absolute Gasteiger partial charge is 0.495 e. The fourth-order valence-corrected chi connectivity index (χ4v) is 3.78. The number of sulfonamides is 1. The van der Waals surface area contributed by atoms with Gasteiger partial charge in [0.1, 0.15) is 11.5 Å². The molecular formula is C18H19N3O6S. The smallest absolute Gasteiger partial charge is 0.262 e. The maximum absolute atomic E-state index is 12.8.